The van der Waals surface area contributed by atoms with E-state index in [9.17, 15) is 5.11 Å². The van der Waals surface area contributed by atoms with Gasteiger partial charge in [-0.3, -0.25) is 4.90 Å². The molecule has 29 heavy (non-hydrogen) atoms. The second-order valence-corrected chi connectivity index (χ2v) is 6.65. The third-order valence-electron chi connectivity index (χ3n) is 4.94. The number of rotatable bonds is 10. The molecule has 0 spiro atoms. The van der Waals surface area contributed by atoms with Crippen LogP contribution in [0, 0.1) is 0 Å². The number of benzene rings is 2. The summed E-state index contributed by atoms with van der Waals surface area (Å²) in [5, 5.41) is 16.4. The van der Waals surface area contributed by atoms with E-state index >= 15 is 0 Å². The second kappa shape index (κ2) is 14.4. The Morgan fingerprint density at radius 3 is 2.14 bits per heavy atom. The van der Waals surface area contributed by atoms with Crippen molar-refractivity contribution in [2.24, 2.45) is 4.99 Å². The van der Waals surface area contributed by atoms with Gasteiger partial charge in [-0.05, 0) is 36.7 Å². The van der Waals surface area contributed by atoms with Crippen LogP contribution in [0.2, 0.25) is 0 Å². The van der Waals surface area contributed by atoms with Gasteiger partial charge >= 0.3 is 0 Å². The summed E-state index contributed by atoms with van der Waals surface area (Å²) in [7, 11) is 0. The monoisotopic (exact) mass is 510 g/mol. The fourth-order valence-electron chi connectivity index (χ4n) is 3.36. The molecule has 0 aliphatic carbocycles. The van der Waals surface area contributed by atoms with Gasteiger partial charge in [0.15, 0.2) is 5.96 Å². The van der Waals surface area contributed by atoms with E-state index in [4.69, 9.17) is 4.99 Å². The Hall–Kier alpha value is -1.64. The maximum absolute atomic E-state index is 9.52. The summed E-state index contributed by atoms with van der Waals surface area (Å²) in [6.07, 6.45) is 0. The Balaban J connectivity index is 0.00000420. The van der Waals surface area contributed by atoms with Crippen LogP contribution < -0.4 is 10.6 Å². The lowest BCUT2D eigenvalue weighted by Gasteiger charge is -2.30. The molecule has 6 heteroatoms. The largest absolute Gasteiger partial charge is 0.392 e. The first-order chi connectivity index (χ1) is 13.7. The minimum absolute atomic E-state index is 0. The number of aliphatic hydroxyl groups is 1. The lowest BCUT2D eigenvalue weighted by atomic mass is 10.1. The van der Waals surface area contributed by atoms with Gasteiger partial charge in [-0.2, -0.15) is 0 Å². The summed E-state index contributed by atoms with van der Waals surface area (Å²) in [5.74, 6) is 0.795. The minimum atomic E-state index is 0. The van der Waals surface area contributed by atoms with E-state index in [1.807, 2.05) is 24.3 Å². The SMILES string of the molecule is CCNC(=NCc1ccccc1CO)NCC(c1ccccc1)N(CC)CC.I. The average molecular weight is 510 g/mol. The number of nitrogens with one attached hydrogen (secondary N) is 2. The first-order valence-corrected chi connectivity index (χ1v) is 10.2. The average Bonchev–Trinajstić information content (AvgIpc) is 2.75. The zero-order valence-corrected chi connectivity index (χ0v) is 20.1. The number of likely N-dealkylation sites (N-methyl/N-ethyl adjacent to an activating group) is 1. The van der Waals surface area contributed by atoms with Crippen LogP contribution in [-0.2, 0) is 13.2 Å². The van der Waals surface area contributed by atoms with Crippen molar-refractivity contribution >= 4 is 29.9 Å². The fourth-order valence-corrected chi connectivity index (χ4v) is 3.36. The molecule has 5 nitrogen and oxygen atoms in total. The van der Waals surface area contributed by atoms with Crippen LogP contribution in [0.25, 0.3) is 0 Å². The summed E-state index contributed by atoms with van der Waals surface area (Å²) >= 11 is 0. The lowest BCUT2D eigenvalue weighted by molar-refractivity contribution is 0.219. The predicted molar refractivity (Wildman–Crippen MR) is 133 cm³/mol. The maximum Gasteiger partial charge on any atom is 0.191 e. The third kappa shape index (κ3) is 7.95. The highest BCUT2D eigenvalue weighted by Crippen LogP contribution is 2.19. The van der Waals surface area contributed by atoms with Gasteiger partial charge in [0.2, 0.25) is 0 Å². The molecule has 3 N–H and O–H groups in total. The molecule has 0 aliphatic heterocycles. The number of halogens is 1. The minimum Gasteiger partial charge on any atom is -0.392 e. The van der Waals surface area contributed by atoms with Gasteiger partial charge in [-0.25, -0.2) is 4.99 Å². The van der Waals surface area contributed by atoms with Gasteiger partial charge < -0.3 is 15.7 Å². The van der Waals surface area contributed by atoms with E-state index < -0.39 is 0 Å². The Kier molecular flexibility index (Phi) is 12.6. The first-order valence-electron chi connectivity index (χ1n) is 10.2. The van der Waals surface area contributed by atoms with E-state index in [0.29, 0.717) is 6.54 Å². The molecule has 0 bridgehead atoms. The van der Waals surface area contributed by atoms with Crippen LogP contribution in [0.3, 0.4) is 0 Å². The number of hydrogen-bond acceptors (Lipinski definition) is 3. The van der Waals surface area contributed by atoms with Crippen molar-refractivity contribution in [1.82, 2.24) is 15.5 Å². The Bertz CT molecular complexity index is 720. The Morgan fingerprint density at radius 2 is 1.55 bits per heavy atom. The molecule has 0 saturated carbocycles. The van der Waals surface area contributed by atoms with Crippen LogP contribution in [0.1, 0.15) is 43.5 Å². The summed E-state index contributed by atoms with van der Waals surface area (Å²) in [6.45, 7) is 10.6. The summed E-state index contributed by atoms with van der Waals surface area (Å²) in [6, 6.07) is 18.8. The number of hydrogen-bond donors (Lipinski definition) is 3. The molecule has 0 aromatic heterocycles. The van der Waals surface area contributed by atoms with E-state index in [2.05, 4.69) is 66.6 Å². The molecule has 0 amide bonds. The maximum atomic E-state index is 9.52. The number of aliphatic hydroxyl groups excluding tert-OH is 1. The normalized spacial score (nSPS) is 12.4. The van der Waals surface area contributed by atoms with Crippen molar-refractivity contribution < 1.29 is 5.11 Å². The highest BCUT2D eigenvalue weighted by molar-refractivity contribution is 14.0. The zero-order chi connectivity index (χ0) is 20.2. The van der Waals surface area contributed by atoms with Crippen molar-refractivity contribution in [1.29, 1.82) is 0 Å². The van der Waals surface area contributed by atoms with E-state index in [1.165, 1.54) is 5.56 Å². The molecule has 0 saturated heterocycles. The molecule has 0 radical (unpaired) electrons. The molecule has 160 valence electrons. The van der Waals surface area contributed by atoms with E-state index in [1.54, 1.807) is 0 Å². The van der Waals surface area contributed by atoms with E-state index in [0.717, 1.165) is 43.3 Å². The topological polar surface area (TPSA) is 59.9 Å². The summed E-state index contributed by atoms with van der Waals surface area (Å²) in [4.78, 5) is 7.19. The smallest absolute Gasteiger partial charge is 0.191 e. The van der Waals surface area contributed by atoms with Crippen molar-refractivity contribution in [3.05, 3.63) is 71.3 Å². The van der Waals surface area contributed by atoms with Crippen LogP contribution in [0.15, 0.2) is 59.6 Å². The molecule has 0 aliphatic rings. The van der Waals surface area contributed by atoms with Crippen LogP contribution in [0.5, 0.6) is 0 Å². The van der Waals surface area contributed by atoms with Gasteiger partial charge in [-0.15, -0.1) is 24.0 Å². The predicted octanol–water partition coefficient (Wildman–Crippen LogP) is 3.94. The van der Waals surface area contributed by atoms with Gasteiger partial charge in [0.05, 0.1) is 19.2 Å². The van der Waals surface area contributed by atoms with Crippen molar-refractivity contribution in [2.45, 2.75) is 40.0 Å². The first kappa shape index (κ1) is 25.4. The second-order valence-electron chi connectivity index (χ2n) is 6.65. The molecule has 2 aromatic rings. The van der Waals surface area contributed by atoms with Crippen molar-refractivity contribution in [3.63, 3.8) is 0 Å². The standard InChI is InChI=1S/C23H34N4O.HI/c1-4-24-23(25-16-20-14-10-11-15-21(20)18-28)26-17-22(27(5-2)6-3)19-12-8-7-9-13-19;/h7-15,22,28H,4-6,16-18H2,1-3H3,(H2,24,25,26);1H. The quantitative estimate of drug-likeness (QED) is 0.258. The van der Waals surface area contributed by atoms with Gasteiger partial charge in [0.25, 0.3) is 0 Å². The molecule has 1 unspecified atom stereocenters. The Labute approximate surface area is 192 Å². The number of nitrogens with zero attached hydrogens (tertiary/aromatic N) is 2. The fraction of sp³-hybridized carbons (Fsp3) is 0.435. The summed E-state index contributed by atoms with van der Waals surface area (Å²) in [5.41, 5.74) is 3.28. The third-order valence-corrected chi connectivity index (χ3v) is 4.94. The van der Waals surface area contributed by atoms with Crippen LogP contribution in [0.4, 0.5) is 0 Å². The molecule has 1 atom stereocenters. The molecule has 2 rings (SSSR count). The molecule has 2 aromatic carbocycles. The summed E-state index contributed by atoms with van der Waals surface area (Å²) < 4.78 is 0. The van der Waals surface area contributed by atoms with E-state index in [-0.39, 0.29) is 36.6 Å². The highest BCUT2D eigenvalue weighted by atomic mass is 127. The van der Waals surface area contributed by atoms with Gasteiger partial charge in [0, 0.05) is 13.1 Å². The molecule has 0 fully saturated rings. The zero-order valence-electron chi connectivity index (χ0n) is 17.8. The number of aliphatic imine (C=N–C) groups is 1. The van der Waals surface area contributed by atoms with Crippen LogP contribution >= 0.6 is 24.0 Å². The molecule has 0 heterocycles. The molecular weight excluding hydrogens is 475 g/mol. The van der Waals surface area contributed by atoms with Gasteiger partial charge in [0.1, 0.15) is 0 Å². The van der Waals surface area contributed by atoms with Crippen molar-refractivity contribution in [2.75, 3.05) is 26.2 Å². The lowest BCUT2D eigenvalue weighted by Crippen LogP contribution is -2.43. The molecular formula is C23H35IN4O. The highest BCUT2D eigenvalue weighted by Gasteiger charge is 2.18. The van der Waals surface area contributed by atoms with Crippen LogP contribution in [-0.4, -0.2) is 42.1 Å². The van der Waals surface area contributed by atoms with Crippen molar-refractivity contribution in [3.8, 4) is 0 Å². The van der Waals surface area contributed by atoms with Gasteiger partial charge in [-0.1, -0.05) is 68.4 Å². The Morgan fingerprint density at radius 1 is 0.931 bits per heavy atom. The number of guanidine groups is 1.